The third kappa shape index (κ3) is 1.99. The Labute approximate surface area is 86.7 Å². The number of carboxylic acid groups (broad SMARTS) is 1. The van der Waals surface area contributed by atoms with E-state index in [2.05, 4.69) is 4.98 Å². The summed E-state index contributed by atoms with van der Waals surface area (Å²) in [6.07, 6.45) is 2.20. The fourth-order valence-electron chi connectivity index (χ4n) is 1.56. The van der Waals surface area contributed by atoms with Crippen LogP contribution in [0.3, 0.4) is 0 Å². The van der Waals surface area contributed by atoms with E-state index < -0.39 is 12.0 Å². The van der Waals surface area contributed by atoms with Crippen LogP contribution in [-0.2, 0) is 11.2 Å². The van der Waals surface area contributed by atoms with Crippen LogP contribution in [0.25, 0.3) is 10.9 Å². The molecule has 1 atom stereocenters. The Hall–Kier alpha value is -1.81. The molecule has 0 aliphatic heterocycles. The van der Waals surface area contributed by atoms with E-state index in [9.17, 15) is 4.79 Å². The van der Waals surface area contributed by atoms with Crippen molar-refractivity contribution in [2.24, 2.45) is 5.73 Å². The monoisotopic (exact) mass is 204 g/mol. The fraction of sp³-hybridized carbons (Fsp3) is 0.182. The Bertz CT molecular complexity index is 490. The summed E-state index contributed by atoms with van der Waals surface area (Å²) in [5, 5.41) is 9.80. The number of aromatic nitrogens is 1. The van der Waals surface area contributed by atoms with Crippen molar-refractivity contribution in [3.05, 3.63) is 36.0 Å². The highest BCUT2D eigenvalue weighted by Gasteiger charge is 2.12. The van der Waals surface area contributed by atoms with Crippen LogP contribution >= 0.6 is 0 Å². The van der Waals surface area contributed by atoms with Gasteiger partial charge >= 0.3 is 5.97 Å². The molecule has 1 aromatic heterocycles. The fourth-order valence-corrected chi connectivity index (χ4v) is 1.56. The van der Waals surface area contributed by atoms with Crippen LogP contribution in [0, 0.1) is 0 Å². The van der Waals surface area contributed by atoms with Gasteiger partial charge in [-0.3, -0.25) is 4.79 Å². The summed E-state index contributed by atoms with van der Waals surface area (Å²) in [7, 11) is 0. The van der Waals surface area contributed by atoms with Gasteiger partial charge in [-0.2, -0.15) is 0 Å². The van der Waals surface area contributed by atoms with E-state index in [4.69, 9.17) is 10.8 Å². The van der Waals surface area contributed by atoms with Crippen molar-refractivity contribution in [1.82, 2.24) is 4.98 Å². The standard InChI is InChI=1S/C11H12N2O2/c12-9(11(14)15)5-7-1-2-8-3-4-13-10(8)6-7/h1-4,6,9,13H,5,12H2,(H,14,15). The molecular weight excluding hydrogens is 192 g/mol. The summed E-state index contributed by atoms with van der Waals surface area (Å²) in [5.41, 5.74) is 7.39. The minimum atomic E-state index is -0.971. The maximum absolute atomic E-state index is 10.6. The van der Waals surface area contributed by atoms with Gasteiger partial charge in [-0.15, -0.1) is 0 Å². The molecule has 0 bridgehead atoms. The summed E-state index contributed by atoms with van der Waals surface area (Å²) >= 11 is 0. The lowest BCUT2D eigenvalue weighted by molar-refractivity contribution is -0.138. The highest BCUT2D eigenvalue weighted by atomic mass is 16.4. The third-order valence-corrected chi connectivity index (χ3v) is 2.39. The van der Waals surface area contributed by atoms with E-state index in [1.54, 1.807) is 0 Å². The normalized spacial score (nSPS) is 12.9. The van der Waals surface area contributed by atoms with Crippen LogP contribution in [0.2, 0.25) is 0 Å². The molecule has 0 saturated carbocycles. The zero-order valence-corrected chi connectivity index (χ0v) is 8.10. The lowest BCUT2D eigenvalue weighted by atomic mass is 10.1. The molecule has 2 aromatic rings. The number of hydrogen-bond acceptors (Lipinski definition) is 2. The number of nitrogens with two attached hydrogens (primary N) is 1. The van der Waals surface area contributed by atoms with Crippen LogP contribution in [0.15, 0.2) is 30.5 Å². The molecule has 0 saturated heterocycles. The smallest absolute Gasteiger partial charge is 0.320 e. The van der Waals surface area contributed by atoms with Gasteiger partial charge in [0.1, 0.15) is 6.04 Å². The number of nitrogens with one attached hydrogen (secondary N) is 1. The van der Waals surface area contributed by atoms with Gasteiger partial charge in [-0.05, 0) is 29.5 Å². The Morgan fingerprint density at radius 3 is 3.00 bits per heavy atom. The number of aliphatic carboxylic acids is 1. The molecule has 4 N–H and O–H groups in total. The van der Waals surface area contributed by atoms with Gasteiger partial charge in [0.2, 0.25) is 0 Å². The van der Waals surface area contributed by atoms with Crippen molar-refractivity contribution >= 4 is 16.9 Å². The van der Waals surface area contributed by atoms with E-state index >= 15 is 0 Å². The molecule has 0 spiro atoms. The van der Waals surface area contributed by atoms with Gasteiger partial charge in [0.05, 0.1) is 0 Å². The number of rotatable bonds is 3. The predicted molar refractivity (Wildman–Crippen MR) is 57.6 cm³/mol. The first kappa shape index (κ1) is 9.73. The molecule has 4 heteroatoms. The quantitative estimate of drug-likeness (QED) is 0.701. The second-order valence-corrected chi connectivity index (χ2v) is 3.55. The van der Waals surface area contributed by atoms with E-state index in [-0.39, 0.29) is 0 Å². The van der Waals surface area contributed by atoms with Gasteiger partial charge < -0.3 is 15.8 Å². The second kappa shape index (κ2) is 3.74. The molecule has 15 heavy (non-hydrogen) atoms. The summed E-state index contributed by atoms with van der Waals surface area (Å²) in [6, 6.07) is 6.92. The second-order valence-electron chi connectivity index (χ2n) is 3.55. The molecular formula is C11H12N2O2. The average Bonchev–Trinajstić information content (AvgIpc) is 2.64. The molecule has 0 aliphatic carbocycles. The molecule has 0 amide bonds. The van der Waals surface area contributed by atoms with Crippen molar-refractivity contribution in [3.63, 3.8) is 0 Å². The molecule has 0 aliphatic rings. The van der Waals surface area contributed by atoms with Gasteiger partial charge in [-0.25, -0.2) is 0 Å². The van der Waals surface area contributed by atoms with E-state index in [1.165, 1.54) is 0 Å². The molecule has 4 nitrogen and oxygen atoms in total. The molecule has 0 radical (unpaired) electrons. The van der Waals surface area contributed by atoms with E-state index in [0.717, 1.165) is 16.5 Å². The molecule has 2 rings (SSSR count). The minimum absolute atomic E-state index is 0.351. The zero-order valence-electron chi connectivity index (χ0n) is 8.10. The number of H-pyrrole nitrogens is 1. The Kier molecular flexibility index (Phi) is 2.43. The number of fused-ring (bicyclic) bond motifs is 1. The summed E-state index contributed by atoms with van der Waals surface area (Å²) < 4.78 is 0. The maximum Gasteiger partial charge on any atom is 0.320 e. The zero-order chi connectivity index (χ0) is 10.8. The Morgan fingerprint density at radius 1 is 1.47 bits per heavy atom. The van der Waals surface area contributed by atoms with Gasteiger partial charge in [0.15, 0.2) is 0 Å². The van der Waals surface area contributed by atoms with Crippen LogP contribution in [0.5, 0.6) is 0 Å². The molecule has 1 unspecified atom stereocenters. The van der Waals surface area contributed by atoms with Crippen LogP contribution < -0.4 is 5.73 Å². The van der Waals surface area contributed by atoms with Gasteiger partial charge in [0, 0.05) is 11.7 Å². The first-order valence-corrected chi connectivity index (χ1v) is 4.71. The Balaban J connectivity index is 2.24. The summed E-state index contributed by atoms with van der Waals surface area (Å²) in [5.74, 6) is -0.971. The van der Waals surface area contributed by atoms with Crippen molar-refractivity contribution in [2.45, 2.75) is 12.5 Å². The highest BCUT2D eigenvalue weighted by Crippen LogP contribution is 2.14. The molecule has 1 heterocycles. The molecule has 78 valence electrons. The van der Waals surface area contributed by atoms with Crippen molar-refractivity contribution < 1.29 is 9.90 Å². The highest BCUT2D eigenvalue weighted by molar-refractivity contribution is 5.80. The first-order chi connectivity index (χ1) is 7.16. The maximum atomic E-state index is 10.6. The average molecular weight is 204 g/mol. The predicted octanol–water partition coefficient (Wildman–Crippen LogP) is 1.12. The molecule has 0 fully saturated rings. The third-order valence-electron chi connectivity index (χ3n) is 2.39. The summed E-state index contributed by atoms with van der Waals surface area (Å²) in [6.45, 7) is 0. The SMILES string of the molecule is NC(Cc1ccc2cc[nH]c2c1)C(=O)O. The number of hydrogen-bond donors (Lipinski definition) is 3. The lowest BCUT2D eigenvalue weighted by Crippen LogP contribution is -2.32. The summed E-state index contributed by atoms with van der Waals surface area (Å²) in [4.78, 5) is 13.7. The molecule has 1 aromatic carbocycles. The number of carboxylic acids is 1. The van der Waals surface area contributed by atoms with Crippen LogP contribution in [0.1, 0.15) is 5.56 Å². The number of aromatic amines is 1. The first-order valence-electron chi connectivity index (χ1n) is 4.71. The number of benzene rings is 1. The Morgan fingerprint density at radius 2 is 2.27 bits per heavy atom. The van der Waals surface area contributed by atoms with Crippen molar-refractivity contribution in [1.29, 1.82) is 0 Å². The van der Waals surface area contributed by atoms with Crippen molar-refractivity contribution in [3.8, 4) is 0 Å². The number of carbonyl (C=O) groups is 1. The van der Waals surface area contributed by atoms with Gasteiger partial charge in [-0.1, -0.05) is 12.1 Å². The minimum Gasteiger partial charge on any atom is -0.480 e. The van der Waals surface area contributed by atoms with Crippen LogP contribution in [0.4, 0.5) is 0 Å². The van der Waals surface area contributed by atoms with Crippen molar-refractivity contribution in [2.75, 3.05) is 0 Å². The largest absolute Gasteiger partial charge is 0.480 e. The van der Waals surface area contributed by atoms with Gasteiger partial charge in [0.25, 0.3) is 0 Å². The topological polar surface area (TPSA) is 79.1 Å². The van der Waals surface area contributed by atoms with Crippen LogP contribution in [-0.4, -0.2) is 22.1 Å². The van der Waals surface area contributed by atoms with E-state index in [0.29, 0.717) is 6.42 Å². The lowest BCUT2D eigenvalue weighted by Gasteiger charge is -2.06. The van der Waals surface area contributed by atoms with E-state index in [1.807, 2.05) is 30.5 Å².